The molecule has 0 fully saturated rings. The molecule has 0 unspecified atom stereocenters. The Labute approximate surface area is 228 Å². The van der Waals surface area contributed by atoms with Gasteiger partial charge >= 0.3 is 5.97 Å². The number of nitriles is 1. The molecule has 0 radical (unpaired) electrons. The van der Waals surface area contributed by atoms with E-state index in [1.807, 2.05) is 13.0 Å². The highest BCUT2D eigenvalue weighted by Gasteiger charge is 2.26. The lowest BCUT2D eigenvalue weighted by Crippen LogP contribution is -2.31. The molecule has 198 valence electrons. The van der Waals surface area contributed by atoms with Crippen LogP contribution < -0.4 is 19.5 Å². The van der Waals surface area contributed by atoms with E-state index in [1.54, 1.807) is 75.5 Å². The van der Waals surface area contributed by atoms with Gasteiger partial charge in [-0.15, -0.1) is 11.3 Å². The molecule has 1 N–H and O–H groups in total. The average Bonchev–Trinajstić information content (AvgIpc) is 3.40. The molecule has 0 saturated carbocycles. The maximum Gasteiger partial charge on any atom is 0.340 e. The third-order valence-corrected chi connectivity index (χ3v) is 6.99. The molecule has 0 aliphatic rings. The molecule has 0 atom stereocenters. The minimum atomic E-state index is -0.640. The van der Waals surface area contributed by atoms with E-state index >= 15 is 0 Å². The molecule has 0 aliphatic heterocycles. The Bertz CT molecular complexity index is 1760. The van der Waals surface area contributed by atoms with Gasteiger partial charge in [0.2, 0.25) is 5.78 Å². The van der Waals surface area contributed by atoms with Crippen LogP contribution in [0.4, 0.5) is 0 Å². The van der Waals surface area contributed by atoms with Crippen LogP contribution in [-0.4, -0.2) is 39.5 Å². The Morgan fingerprint density at radius 1 is 1.13 bits per heavy atom. The molecule has 1 aromatic carbocycles. The lowest BCUT2D eigenvalue weighted by Gasteiger charge is -2.06. The van der Waals surface area contributed by atoms with Crippen LogP contribution in [0.5, 0.6) is 5.75 Å². The Balaban J connectivity index is 1.99. The summed E-state index contributed by atoms with van der Waals surface area (Å²) < 4.78 is 12.4. The SMILES string of the molecule is CCOC(=O)c1c(C)[nH]c(C(=O)C(C#N)=c2sc(=Cc3ccccn3)c(=O)n2-c2ccc(OCC)cc2)c1C. The van der Waals surface area contributed by atoms with E-state index in [0.717, 1.165) is 11.3 Å². The van der Waals surface area contributed by atoms with Gasteiger partial charge in [-0.2, -0.15) is 5.26 Å². The smallest absolute Gasteiger partial charge is 0.340 e. The number of pyridine rings is 1. The minimum absolute atomic E-state index is 0.0847. The fraction of sp³-hybridized carbons (Fsp3) is 0.207. The van der Waals surface area contributed by atoms with E-state index in [0.29, 0.717) is 39.5 Å². The molecular formula is C29H26N4O5S. The van der Waals surface area contributed by atoms with Gasteiger partial charge in [0.15, 0.2) is 0 Å². The lowest BCUT2D eigenvalue weighted by molar-refractivity contribution is 0.0525. The third kappa shape index (κ3) is 5.44. The topological polar surface area (TPSA) is 127 Å². The van der Waals surface area contributed by atoms with E-state index in [2.05, 4.69) is 9.97 Å². The number of H-pyrrole nitrogens is 1. The number of carbonyl (C=O) groups is 2. The van der Waals surface area contributed by atoms with Crippen molar-refractivity contribution in [1.29, 1.82) is 5.26 Å². The second-order valence-corrected chi connectivity index (χ2v) is 9.43. The zero-order valence-corrected chi connectivity index (χ0v) is 22.7. The minimum Gasteiger partial charge on any atom is -0.494 e. The summed E-state index contributed by atoms with van der Waals surface area (Å²) >= 11 is 1.01. The number of aromatic amines is 1. The van der Waals surface area contributed by atoms with Crippen LogP contribution in [0.25, 0.3) is 17.3 Å². The van der Waals surface area contributed by atoms with Gasteiger partial charge in [0.1, 0.15) is 22.1 Å². The van der Waals surface area contributed by atoms with Crippen molar-refractivity contribution in [2.24, 2.45) is 0 Å². The molecule has 3 aromatic heterocycles. The van der Waals surface area contributed by atoms with Gasteiger partial charge in [0.05, 0.1) is 40.4 Å². The van der Waals surface area contributed by atoms with E-state index < -0.39 is 17.3 Å². The maximum absolute atomic E-state index is 13.8. The molecule has 0 spiro atoms. The standard InChI is InChI=1S/C29H26N4O5S/c1-5-37-21-12-10-20(11-13-21)33-27(35)23(15-19-9-7-8-14-31-19)39-28(33)22(16-30)26(34)25-17(3)24(18(4)32-25)29(36)38-6-2/h7-15,32H,5-6H2,1-4H3. The number of Topliss-reactive ketones (excluding diaryl/α,β-unsaturated/α-hetero) is 1. The van der Waals surface area contributed by atoms with E-state index in [-0.39, 0.29) is 28.1 Å². The van der Waals surface area contributed by atoms with Crippen molar-refractivity contribution in [2.75, 3.05) is 13.2 Å². The predicted molar refractivity (Wildman–Crippen MR) is 148 cm³/mol. The Hall–Kier alpha value is -4.75. The molecule has 4 aromatic rings. The number of rotatable bonds is 8. The Kier molecular flexibility index (Phi) is 8.22. The summed E-state index contributed by atoms with van der Waals surface area (Å²) in [6.45, 7) is 7.50. The number of hydrogen-bond donors (Lipinski definition) is 1. The number of carbonyl (C=O) groups excluding carboxylic acids is 2. The second kappa shape index (κ2) is 11.8. The number of nitrogens with one attached hydrogen (secondary N) is 1. The van der Waals surface area contributed by atoms with Crippen molar-refractivity contribution in [2.45, 2.75) is 27.7 Å². The monoisotopic (exact) mass is 542 g/mol. The van der Waals surface area contributed by atoms with Crippen LogP contribution >= 0.6 is 11.3 Å². The predicted octanol–water partition coefficient (Wildman–Crippen LogP) is 3.20. The van der Waals surface area contributed by atoms with Crippen molar-refractivity contribution < 1.29 is 19.1 Å². The van der Waals surface area contributed by atoms with Gasteiger partial charge in [0, 0.05) is 11.9 Å². The summed E-state index contributed by atoms with van der Waals surface area (Å²) in [5, 5.41) is 10.2. The zero-order chi connectivity index (χ0) is 28.1. The first kappa shape index (κ1) is 27.3. The van der Waals surface area contributed by atoms with Crippen LogP contribution in [-0.2, 0) is 4.74 Å². The number of thiazole rings is 1. The first-order valence-corrected chi connectivity index (χ1v) is 13.1. The summed E-state index contributed by atoms with van der Waals surface area (Å²) in [5.41, 5.74) is 1.52. The lowest BCUT2D eigenvalue weighted by atomic mass is 10.0. The largest absolute Gasteiger partial charge is 0.494 e. The normalized spacial score (nSPS) is 12.1. The van der Waals surface area contributed by atoms with Gasteiger partial charge in [-0.05, 0) is 75.7 Å². The first-order valence-electron chi connectivity index (χ1n) is 12.2. The summed E-state index contributed by atoms with van der Waals surface area (Å²) in [5.74, 6) is -0.578. The number of nitrogens with zero attached hydrogens (tertiary/aromatic N) is 3. The average molecular weight is 543 g/mol. The number of aryl methyl sites for hydroxylation is 1. The van der Waals surface area contributed by atoms with Crippen LogP contribution in [0, 0.1) is 25.2 Å². The molecule has 0 aliphatic carbocycles. The Morgan fingerprint density at radius 3 is 2.49 bits per heavy atom. The molecule has 0 bridgehead atoms. The first-order chi connectivity index (χ1) is 18.8. The number of ketones is 1. The zero-order valence-electron chi connectivity index (χ0n) is 21.9. The van der Waals surface area contributed by atoms with Crippen LogP contribution in [0.1, 0.15) is 51.6 Å². The van der Waals surface area contributed by atoms with Gasteiger partial charge in [-0.25, -0.2) is 4.79 Å². The molecule has 10 heteroatoms. The Morgan fingerprint density at radius 2 is 1.87 bits per heavy atom. The summed E-state index contributed by atoms with van der Waals surface area (Å²) in [7, 11) is 0. The summed E-state index contributed by atoms with van der Waals surface area (Å²) in [6, 6.07) is 14.1. The van der Waals surface area contributed by atoms with Crippen molar-refractivity contribution in [1.82, 2.24) is 14.5 Å². The maximum atomic E-state index is 13.8. The van der Waals surface area contributed by atoms with Crippen LogP contribution in [0.3, 0.4) is 0 Å². The van der Waals surface area contributed by atoms with Gasteiger partial charge in [-0.3, -0.25) is 19.1 Å². The molecule has 4 rings (SSSR count). The highest BCUT2D eigenvalue weighted by atomic mass is 32.1. The summed E-state index contributed by atoms with van der Waals surface area (Å²) in [6.07, 6.45) is 3.23. The fourth-order valence-electron chi connectivity index (χ4n) is 4.15. The molecule has 0 saturated heterocycles. The fourth-order valence-corrected chi connectivity index (χ4v) is 5.23. The quantitative estimate of drug-likeness (QED) is 0.268. The molecule has 0 amide bonds. The van der Waals surface area contributed by atoms with E-state index in [9.17, 15) is 19.6 Å². The molecule has 9 nitrogen and oxygen atoms in total. The highest BCUT2D eigenvalue weighted by molar-refractivity contribution is 7.07. The second-order valence-electron chi connectivity index (χ2n) is 8.40. The number of aromatic nitrogens is 3. The van der Waals surface area contributed by atoms with E-state index in [4.69, 9.17) is 9.47 Å². The van der Waals surface area contributed by atoms with Gasteiger partial charge < -0.3 is 14.5 Å². The number of esters is 1. The van der Waals surface area contributed by atoms with Crippen molar-refractivity contribution in [3.05, 3.63) is 96.4 Å². The number of benzene rings is 1. The summed E-state index contributed by atoms with van der Waals surface area (Å²) in [4.78, 5) is 47.1. The highest BCUT2D eigenvalue weighted by Crippen LogP contribution is 2.22. The van der Waals surface area contributed by atoms with Crippen LogP contribution in [0.2, 0.25) is 0 Å². The number of hydrogen-bond acceptors (Lipinski definition) is 8. The molecule has 3 heterocycles. The number of ether oxygens (including phenoxy) is 2. The van der Waals surface area contributed by atoms with Gasteiger partial charge in [-0.1, -0.05) is 6.07 Å². The third-order valence-electron chi connectivity index (χ3n) is 5.89. The molecular weight excluding hydrogens is 516 g/mol. The van der Waals surface area contributed by atoms with Crippen molar-refractivity contribution in [3.63, 3.8) is 0 Å². The van der Waals surface area contributed by atoms with E-state index in [1.165, 1.54) is 4.57 Å². The molecule has 39 heavy (non-hydrogen) atoms. The van der Waals surface area contributed by atoms with Crippen LogP contribution in [0.15, 0.2) is 53.5 Å². The van der Waals surface area contributed by atoms with Gasteiger partial charge in [0.25, 0.3) is 5.56 Å². The van der Waals surface area contributed by atoms with Crippen molar-refractivity contribution >= 4 is 34.7 Å². The van der Waals surface area contributed by atoms with Crippen molar-refractivity contribution in [3.8, 4) is 17.5 Å².